The van der Waals surface area contributed by atoms with Gasteiger partial charge < -0.3 is 19.3 Å². The van der Waals surface area contributed by atoms with Crippen LogP contribution in [0.5, 0.6) is 0 Å². The third-order valence-electron chi connectivity index (χ3n) is 4.14. The van der Waals surface area contributed by atoms with Crippen molar-refractivity contribution in [1.82, 2.24) is 14.6 Å². The van der Waals surface area contributed by atoms with Crippen LogP contribution in [0.3, 0.4) is 0 Å². The molecule has 0 unspecified atom stereocenters. The van der Waals surface area contributed by atoms with E-state index in [1.165, 1.54) is 4.90 Å². The van der Waals surface area contributed by atoms with Gasteiger partial charge in [0, 0.05) is 24.0 Å². The molecule has 0 saturated carbocycles. The number of carbonyl (C=O) groups is 2. The maximum absolute atomic E-state index is 12.8. The highest BCUT2D eigenvalue weighted by Crippen LogP contribution is 2.22. The van der Waals surface area contributed by atoms with Crippen LogP contribution in [0, 0.1) is 20.8 Å². The van der Waals surface area contributed by atoms with Crippen LogP contribution < -0.4 is 0 Å². The third kappa shape index (κ3) is 2.80. The monoisotopic (exact) mass is 333 g/mol. The normalized spacial score (nSPS) is 18.0. The highest BCUT2D eigenvalue weighted by molar-refractivity contribution is 5.96. The molecule has 1 fully saturated rings. The number of carboxylic acids is 1. The van der Waals surface area contributed by atoms with Crippen molar-refractivity contribution in [3.63, 3.8) is 0 Å². The van der Waals surface area contributed by atoms with Crippen LogP contribution >= 0.6 is 0 Å². The number of rotatable bonds is 3. The molecule has 1 amide bonds. The van der Waals surface area contributed by atoms with Crippen molar-refractivity contribution in [2.24, 2.45) is 0 Å². The van der Waals surface area contributed by atoms with E-state index in [0.717, 1.165) is 11.4 Å². The fourth-order valence-corrected chi connectivity index (χ4v) is 2.94. The van der Waals surface area contributed by atoms with Crippen LogP contribution in [0.25, 0.3) is 5.82 Å². The maximum atomic E-state index is 12.8. The van der Waals surface area contributed by atoms with Gasteiger partial charge in [-0.05, 0) is 26.8 Å². The van der Waals surface area contributed by atoms with Crippen LogP contribution in [0.4, 0.5) is 0 Å². The number of aromatic nitrogens is 2. The number of aliphatic carboxylic acids is 1. The van der Waals surface area contributed by atoms with E-state index in [4.69, 9.17) is 14.4 Å². The van der Waals surface area contributed by atoms with E-state index in [9.17, 15) is 9.59 Å². The molecule has 3 rings (SSSR count). The molecule has 8 heteroatoms. The molecule has 1 N–H and O–H groups in total. The first kappa shape index (κ1) is 16.3. The van der Waals surface area contributed by atoms with E-state index in [0.29, 0.717) is 23.7 Å². The fraction of sp³-hybridized carbons (Fsp3) is 0.438. The number of carboxylic acid groups (broad SMARTS) is 1. The molecule has 0 aromatic carbocycles. The Morgan fingerprint density at radius 1 is 1.29 bits per heavy atom. The molecule has 3 heterocycles. The van der Waals surface area contributed by atoms with E-state index in [1.807, 2.05) is 18.4 Å². The Kier molecular flexibility index (Phi) is 4.15. The molecule has 128 valence electrons. The molecule has 0 bridgehead atoms. The second kappa shape index (κ2) is 6.12. The van der Waals surface area contributed by atoms with Crippen molar-refractivity contribution < 1.29 is 24.0 Å². The molecular formula is C16H19N3O5. The number of ether oxygens (including phenoxy) is 1. The third-order valence-corrected chi connectivity index (χ3v) is 4.14. The van der Waals surface area contributed by atoms with Gasteiger partial charge in [0.1, 0.15) is 5.76 Å². The van der Waals surface area contributed by atoms with E-state index >= 15 is 0 Å². The van der Waals surface area contributed by atoms with E-state index < -0.39 is 12.1 Å². The number of aryl methyl sites for hydroxylation is 2. The van der Waals surface area contributed by atoms with Crippen LogP contribution in [-0.4, -0.2) is 57.4 Å². The minimum Gasteiger partial charge on any atom is -0.479 e. The summed E-state index contributed by atoms with van der Waals surface area (Å²) in [7, 11) is 0. The average molecular weight is 333 g/mol. The van der Waals surface area contributed by atoms with E-state index in [-0.39, 0.29) is 19.1 Å². The van der Waals surface area contributed by atoms with Crippen molar-refractivity contribution in [3.8, 4) is 5.82 Å². The topological polar surface area (TPSA) is 97.8 Å². The maximum Gasteiger partial charge on any atom is 0.334 e. The van der Waals surface area contributed by atoms with Gasteiger partial charge in [-0.15, -0.1) is 0 Å². The van der Waals surface area contributed by atoms with Gasteiger partial charge in [-0.2, -0.15) is 0 Å². The summed E-state index contributed by atoms with van der Waals surface area (Å²) >= 11 is 0. The summed E-state index contributed by atoms with van der Waals surface area (Å²) in [6.07, 6.45) is -0.982. The predicted octanol–water partition coefficient (Wildman–Crippen LogP) is 1.32. The number of nitrogens with zero attached hydrogens (tertiary/aromatic N) is 3. The molecule has 0 aliphatic carbocycles. The molecule has 1 aliphatic rings. The van der Waals surface area contributed by atoms with Crippen molar-refractivity contribution >= 4 is 11.9 Å². The summed E-state index contributed by atoms with van der Waals surface area (Å²) in [5, 5.41) is 13.1. The smallest absolute Gasteiger partial charge is 0.334 e. The summed E-state index contributed by atoms with van der Waals surface area (Å²) in [6, 6.07) is 3.58. The van der Waals surface area contributed by atoms with E-state index in [2.05, 4.69) is 5.16 Å². The van der Waals surface area contributed by atoms with Gasteiger partial charge in [-0.3, -0.25) is 9.36 Å². The molecule has 0 spiro atoms. The first-order valence-electron chi connectivity index (χ1n) is 7.65. The molecule has 2 aromatic rings. The lowest BCUT2D eigenvalue weighted by Gasteiger charge is -2.30. The Labute approximate surface area is 138 Å². The highest BCUT2D eigenvalue weighted by Gasteiger charge is 2.31. The molecule has 1 aliphatic heterocycles. The van der Waals surface area contributed by atoms with Crippen LogP contribution in [0.15, 0.2) is 16.7 Å². The van der Waals surface area contributed by atoms with Gasteiger partial charge in [-0.25, -0.2) is 4.79 Å². The molecule has 8 nitrogen and oxygen atoms in total. The summed E-state index contributed by atoms with van der Waals surface area (Å²) < 4.78 is 12.1. The van der Waals surface area contributed by atoms with Crippen molar-refractivity contribution in [3.05, 3.63) is 34.8 Å². The minimum atomic E-state index is -1.06. The Bertz CT molecular complexity index is 792. The van der Waals surface area contributed by atoms with Crippen molar-refractivity contribution in [2.45, 2.75) is 26.9 Å². The molecule has 2 aromatic heterocycles. The summed E-state index contributed by atoms with van der Waals surface area (Å²) in [5.41, 5.74) is 2.12. The molecular weight excluding hydrogens is 314 g/mol. The average Bonchev–Trinajstić information content (AvgIpc) is 3.09. The van der Waals surface area contributed by atoms with Gasteiger partial charge in [0.05, 0.1) is 18.7 Å². The SMILES string of the molecule is Cc1cc(-n2c(C)cc(C(=O)N3CCO[C@H](C(=O)O)C3)c2C)no1. The van der Waals surface area contributed by atoms with Crippen LogP contribution in [-0.2, 0) is 9.53 Å². The summed E-state index contributed by atoms with van der Waals surface area (Å²) in [4.78, 5) is 25.4. The van der Waals surface area contributed by atoms with Crippen molar-refractivity contribution in [1.29, 1.82) is 0 Å². The first-order valence-corrected chi connectivity index (χ1v) is 7.65. The number of hydrogen-bond acceptors (Lipinski definition) is 5. The highest BCUT2D eigenvalue weighted by atomic mass is 16.5. The fourth-order valence-electron chi connectivity index (χ4n) is 2.94. The Hall–Kier alpha value is -2.61. The predicted molar refractivity (Wildman–Crippen MR) is 83.3 cm³/mol. The Morgan fingerprint density at radius 2 is 2.04 bits per heavy atom. The second-order valence-corrected chi connectivity index (χ2v) is 5.86. The second-order valence-electron chi connectivity index (χ2n) is 5.86. The van der Waals surface area contributed by atoms with Gasteiger partial charge in [-0.1, -0.05) is 5.16 Å². The zero-order chi connectivity index (χ0) is 17.4. The summed E-state index contributed by atoms with van der Waals surface area (Å²) in [6.45, 7) is 6.14. The van der Waals surface area contributed by atoms with Gasteiger partial charge in [0.15, 0.2) is 11.9 Å². The van der Waals surface area contributed by atoms with Crippen LogP contribution in [0.2, 0.25) is 0 Å². The minimum absolute atomic E-state index is 0.0426. The number of morpholine rings is 1. The lowest BCUT2D eigenvalue weighted by molar-refractivity contribution is -0.154. The molecule has 24 heavy (non-hydrogen) atoms. The van der Waals surface area contributed by atoms with E-state index in [1.54, 1.807) is 19.1 Å². The lowest BCUT2D eigenvalue weighted by Crippen LogP contribution is -2.48. The zero-order valence-corrected chi connectivity index (χ0v) is 13.8. The van der Waals surface area contributed by atoms with Gasteiger partial charge in [0.25, 0.3) is 5.91 Å². The molecule has 0 radical (unpaired) electrons. The largest absolute Gasteiger partial charge is 0.479 e. The van der Waals surface area contributed by atoms with Crippen molar-refractivity contribution in [2.75, 3.05) is 19.7 Å². The zero-order valence-electron chi connectivity index (χ0n) is 13.8. The van der Waals surface area contributed by atoms with Crippen LogP contribution in [0.1, 0.15) is 27.5 Å². The summed E-state index contributed by atoms with van der Waals surface area (Å²) in [5.74, 6) is 0.0370. The number of carbonyl (C=O) groups excluding carboxylic acids is 1. The quantitative estimate of drug-likeness (QED) is 0.909. The standard InChI is InChI=1S/C16H19N3O5/c1-9-6-12(11(3)19(9)14-7-10(2)24-17-14)15(20)18-4-5-23-13(8-18)16(21)22/h6-7,13H,4-5,8H2,1-3H3,(H,21,22)/t13-/m0/s1. The van der Waals surface area contributed by atoms with Gasteiger partial charge in [0.2, 0.25) is 0 Å². The molecule has 1 atom stereocenters. The number of hydrogen-bond donors (Lipinski definition) is 1. The molecule has 1 saturated heterocycles. The lowest BCUT2D eigenvalue weighted by atomic mass is 10.2. The Balaban J connectivity index is 1.90. The Morgan fingerprint density at radius 3 is 2.67 bits per heavy atom. The van der Waals surface area contributed by atoms with Gasteiger partial charge >= 0.3 is 5.97 Å². The number of amides is 1. The first-order chi connectivity index (χ1) is 11.4.